The van der Waals surface area contributed by atoms with Gasteiger partial charge in [-0.25, -0.2) is 13.4 Å². The number of dihydropyridines is 1. The molecule has 7 heteroatoms. The molecule has 134 valence electrons. The zero-order chi connectivity index (χ0) is 18.2. The molecule has 0 aromatic heterocycles. The lowest BCUT2D eigenvalue weighted by Crippen LogP contribution is -2.24. The third-order valence-corrected chi connectivity index (χ3v) is 5.37. The van der Waals surface area contributed by atoms with E-state index in [4.69, 9.17) is 9.47 Å². The van der Waals surface area contributed by atoms with Crippen molar-refractivity contribution in [3.63, 3.8) is 0 Å². The molecule has 0 bridgehead atoms. The third-order valence-electron chi connectivity index (χ3n) is 4.26. The number of ether oxygens (including phenoxy) is 2. The number of sulfone groups is 1. The molecule has 0 radical (unpaired) electrons. The summed E-state index contributed by atoms with van der Waals surface area (Å²) in [5.41, 5.74) is 0.530. The number of carbonyl (C=O) groups excluding carboxylic acids is 1. The van der Waals surface area contributed by atoms with Gasteiger partial charge in [0, 0.05) is 30.0 Å². The van der Waals surface area contributed by atoms with Crippen molar-refractivity contribution in [1.82, 2.24) is 0 Å². The van der Waals surface area contributed by atoms with Gasteiger partial charge in [0.25, 0.3) is 5.91 Å². The standard InChI is InChI=1S/C18H21NO5S/c1-18(2)9-12(10-19-17(18)20)15-8-14(25(3,21)22)4-5-16(15)24-13-6-7-23-11-13/h4-5,8-10,13H,6-7,11H2,1-3H3. The first-order valence-electron chi connectivity index (χ1n) is 8.07. The molecule has 0 aliphatic carbocycles. The van der Waals surface area contributed by atoms with Crippen LogP contribution in [-0.4, -0.2) is 46.1 Å². The fourth-order valence-electron chi connectivity index (χ4n) is 2.78. The van der Waals surface area contributed by atoms with Crippen LogP contribution in [0.15, 0.2) is 34.2 Å². The Balaban J connectivity index is 2.07. The molecule has 1 saturated heterocycles. The Morgan fingerprint density at radius 2 is 2.08 bits per heavy atom. The van der Waals surface area contributed by atoms with Crippen molar-refractivity contribution in [2.24, 2.45) is 10.4 Å². The van der Waals surface area contributed by atoms with Crippen LogP contribution in [0, 0.1) is 5.41 Å². The Morgan fingerprint density at radius 1 is 1.32 bits per heavy atom. The fourth-order valence-corrected chi connectivity index (χ4v) is 3.43. The molecule has 1 aromatic carbocycles. The van der Waals surface area contributed by atoms with Crippen molar-refractivity contribution < 1.29 is 22.7 Å². The van der Waals surface area contributed by atoms with Crippen LogP contribution in [0.1, 0.15) is 25.8 Å². The second-order valence-corrected chi connectivity index (χ2v) is 8.93. The summed E-state index contributed by atoms with van der Waals surface area (Å²) in [5, 5.41) is 0. The van der Waals surface area contributed by atoms with Crippen molar-refractivity contribution in [2.45, 2.75) is 31.3 Å². The van der Waals surface area contributed by atoms with Gasteiger partial charge in [-0.3, -0.25) is 4.79 Å². The Morgan fingerprint density at radius 3 is 2.68 bits per heavy atom. The van der Waals surface area contributed by atoms with E-state index in [1.54, 1.807) is 32.1 Å². The molecule has 1 aromatic rings. The minimum atomic E-state index is -3.37. The van der Waals surface area contributed by atoms with E-state index in [2.05, 4.69) is 4.99 Å². The van der Waals surface area contributed by atoms with Crippen LogP contribution in [-0.2, 0) is 19.4 Å². The number of aliphatic imine (C=N–C) groups is 1. The molecule has 25 heavy (non-hydrogen) atoms. The minimum absolute atomic E-state index is 0.0707. The highest BCUT2D eigenvalue weighted by Gasteiger charge is 2.29. The number of hydrogen-bond acceptors (Lipinski definition) is 5. The first-order chi connectivity index (χ1) is 11.7. The number of carbonyl (C=O) groups is 1. The average molecular weight is 363 g/mol. The maximum Gasteiger partial charge on any atom is 0.255 e. The summed E-state index contributed by atoms with van der Waals surface area (Å²) in [7, 11) is -3.37. The summed E-state index contributed by atoms with van der Waals surface area (Å²) in [4.78, 5) is 16.0. The molecule has 2 aliphatic rings. The SMILES string of the molecule is CC1(C)C=C(c2cc(S(C)(=O)=O)ccc2OC2CCOC2)C=NC1=O. The lowest BCUT2D eigenvalue weighted by atomic mass is 9.86. The van der Waals surface area contributed by atoms with Gasteiger partial charge in [-0.1, -0.05) is 6.08 Å². The van der Waals surface area contributed by atoms with Crippen LogP contribution in [0.5, 0.6) is 5.75 Å². The van der Waals surface area contributed by atoms with Crippen molar-refractivity contribution >= 4 is 27.5 Å². The van der Waals surface area contributed by atoms with Gasteiger partial charge in [0.2, 0.25) is 0 Å². The molecule has 2 aliphatic heterocycles. The predicted molar refractivity (Wildman–Crippen MR) is 94.7 cm³/mol. The van der Waals surface area contributed by atoms with E-state index in [1.807, 2.05) is 0 Å². The van der Waals surface area contributed by atoms with Crippen LogP contribution < -0.4 is 4.74 Å². The first-order valence-corrected chi connectivity index (χ1v) is 9.96. The second kappa shape index (κ2) is 6.38. The van der Waals surface area contributed by atoms with Crippen LogP contribution >= 0.6 is 0 Å². The minimum Gasteiger partial charge on any atom is -0.487 e. The second-order valence-electron chi connectivity index (χ2n) is 6.92. The molecule has 0 N–H and O–H groups in total. The lowest BCUT2D eigenvalue weighted by molar-refractivity contribution is -0.123. The summed E-state index contributed by atoms with van der Waals surface area (Å²) >= 11 is 0. The molecule has 2 heterocycles. The highest BCUT2D eigenvalue weighted by molar-refractivity contribution is 7.90. The van der Waals surface area contributed by atoms with Gasteiger partial charge in [-0.2, -0.15) is 0 Å². The van der Waals surface area contributed by atoms with E-state index in [0.29, 0.717) is 30.1 Å². The Labute approximate surface area is 147 Å². The van der Waals surface area contributed by atoms with E-state index >= 15 is 0 Å². The zero-order valence-electron chi connectivity index (χ0n) is 14.5. The number of allylic oxidation sites excluding steroid dienone is 1. The monoisotopic (exact) mass is 363 g/mol. The summed E-state index contributed by atoms with van der Waals surface area (Å²) in [5.74, 6) is 0.327. The number of hydrogen-bond donors (Lipinski definition) is 0. The smallest absolute Gasteiger partial charge is 0.255 e. The molecule has 1 amide bonds. The molecule has 1 atom stereocenters. The number of nitrogens with zero attached hydrogens (tertiary/aromatic N) is 1. The number of rotatable bonds is 4. The zero-order valence-corrected chi connectivity index (χ0v) is 15.3. The Bertz CT molecular complexity index is 861. The van der Waals surface area contributed by atoms with Gasteiger partial charge in [0.05, 0.1) is 23.5 Å². The number of amides is 1. The Kier molecular flexibility index (Phi) is 4.55. The number of benzene rings is 1. The van der Waals surface area contributed by atoms with Gasteiger partial charge < -0.3 is 9.47 Å². The van der Waals surface area contributed by atoms with Gasteiger partial charge in [-0.15, -0.1) is 0 Å². The molecule has 6 nitrogen and oxygen atoms in total. The van der Waals surface area contributed by atoms with E-state index in [0.717, 1.165) is 12.7 Å². The van der Waals surface area contributed by atoms with Crippen molar-refractivity contribution in [2.75, 3.05) is 19.5 Å². The van der Waals surface area contributed by atoms with Gasteiger partial charge >= 0.3 is 0 Å². The van der Waals surface area contributed by atoms with E-state index in [-0.39, 0.29) is 16.9 Å². The van der Waals surface area contributed by atoms with Crippen LogP contribution in [0.4, 0.5) is 0 Å². The fraction of sp³-hybridized carbons (Fsp3) is 0.444. The molecule has 0 saturated carbocycles. The maximum absolute atomic E-state index is 11.9. The van der Waals surface area contributed by atoms with E-state index in [1.165, 1.54) is 12.3 Å². The van der Waals surface area contributed by atoms with Crippen LogP contribution in [0.25, 0.3) is 5.57 Å². The molecular formula is C18H21NO5S. The van der Waals surface area contributed by atoms with Crippen molar-refractivity contribution in [3.8, 4) is 5.75 Å². The normalized spacial score (nSPS) is 22.8. The molecular weight excluding hydrogens is 342 g/mol. The summed E-state index contributed by atoms with van der Waals surface area (Å²) in [6.07, 6.45) is 5.13. The predicted octanol–water partition coefficient (Wildman–Crippen LogP) is 2.28. The summed E-state index contributed by atoms with van der Waals surface area (Å²) in [6, 6.07) is 4.76. The topological polar surface area (TPSA) is 82.0 Å². The lowest BCUT2D eigenvalue weighted by Gasteiger charge is -2.23. The Hall–Kier alpha value is -1.99. The molecule has 3 rings (SSSR count). The van der Waals surface area contributed by atoms with Gasteiger partial charge in [0.1, 0.15) is 11.9 Å². The first kappa shape index (κ1) is 17.8. The summed E-state index contributed by atoms with van der Waals surface area (Å²) < 4.78 is 35.2. The maximum atomic E-state index is 11.9. The highest BCUT2D eigenvalue weighted by atomic mass is 32.2. The molecule has 0 spiro atoms. The average Bonchev–Trinajstić information content (AvgIpc) is 3.02. The van der Waals surface area contributed by atoms with Crippen molar-refractivity contribution in [1.29, 1.82) is 0 Å². The molecule has 1 fully saturated rings. The largest absolute Gasteiger partial charge is 0.487 e. The van der Waals surface area contributed by atoms with Gasteiger partial charge in [-0.05, 0) is 32.0 Å². The van der Waals surface area contributed by atoms with E-state index in [9.17, 15) is 13.2 Å². The summed E-state index contributed by atoms with van der Waals surface area (Å²) in [6.45, 7) is 4.70. The van der Waals surface area contributed by atoms with Crippen LogP contribution in [0.3, 0.4) is 0 Å². The highest BCUT2D eigenvalue weighted by Crippen LogP contribution is 2.35. The van der Waals surface area contributed by atoms with Gasteiger partial charge in [0.15, 0.2) is 9.84 Å². The quantitative estimate of drug-likeness (QED) is 0.820. The third kappa shape index (κ3) is 3.82. The van der Waals surface area contributed by atoms with Crippen LogP contribution in [0.2, 0.25) is 0 Å². The van der Waals surface area contributed by atoms with Crippen molar-refractivity contribution in [3.05, 3.63) is 29.8 Å². The van der Waals surface area contributed by atoms with E-state index < -0.39 is 15.3 Å². The molecule has 1 unspecified atom stereocenters.